The molecule has 7 heteroatoms. The van der Waals surface area contributed by atoms with E-state index in [-0.39, 0.29) is 11.6 Å². The molecule has 190 valence electrons. The second-order valence-corrected chi connectivity index (χ2v) is 9.85. The molecule has 0 saturated carbocycles. The van der Waals surface area contributed by atoms with E-state index in [1.54, 1.807) is 6.92 Å². The van der Waals surface area contributed by atoms with Crippen LogP contribution in [0.15, 0.2) is 24.3 Å². The van der Waals surface area contributed by atoms with Crippen LogP contribution in [0.2, 0.25) is 0 Å². The van der Waals surface area contributed by atoms with Gasteiger partial charge in [-0.15, -0.1) is 11.6 Å². The summed E-state index contributed by atoms with van der Waals surface area (Å²) in [7, 11) is 0. The third-order valence-electron chi connectivity index (χ3n) is 6.59. The molecule has 0 aliphatic carbocycles. The zero-order valence-corrected chi connectivity index (χ0v) is 22.2. The average molecular weight is 503 g/mol. The van der Waals surface area contributed by atoms with Crippen molar-refractivity contribution < 1.29 is 28.5 Å². The molecule has 1 aliphatic rings. The fourth-order valence-corrected chi connectivity index (χ4v) is 4.63. The van der Waals surface area contributed by atoms with Crippen molar-refractivity contribution >= 4 is 23.5 Å². The minimum absolute atomic E-state index is 0.316. The lowest BCUT2D eigenvalue weighted by Gasteiger charge is -2.38. The van der Waals surface area contributed by atoms with Gasteiger partial charge < -0.3 is 18.9 Å². The third-order valence-corrected chi connectivity index (χ3v) is 6.92. The van der Waals surface area contributed by atoms with Crippen LogP contribution in [0.3, 0.4) is 0 Å². The lowest BCUT2D eigenvalue weighted by atomic mass is 9.86. The number of carbonyl (C=O) groups excluding carboxylic acids is 2. The van der Waals surface area contributed by atoms with E-state index >= 15 is 0 Å². The molecule has 2 atom stereocenters. The minimum atomic E-state index is -0.700. The van der Waals surface area contributed by atoms with Crippen LogP contribution in [0, 0.1) is 20.8 Å². The third kappa shape index (κ3) is 6.49. The number of fused-ring (bicyclic) bond motifs is 1. The summed E-state index contributed by atoms with van der Waals surface area (Å²) < 4.78 is 23.0. The molecule has 3 rings (SSSR count). The fraction of sp³-hybridized carbons (Fsp3) is 0.500. The Morgan fingerprint density at radius 3 is 2.43 bits per heavy atom. The van der Waals surface area contributed by atoms with Crippen molar-refractivity contribution in [2.75, 3.05) is 13.2 Å². The van der Waals surface area contributed by atoms with E-state index in [0.29, 0.717) is 25.4 Å². The Bertz CT molecular complexity index is 1080. The van der Waals surface area contributed by atoms with Gasteiger partial charge in [-0.05, 0) is 88.3 Å². The number of rotatable bonds is 9. The maximum Gasteiger partial charge on any atom is 0.324 e. The number of hydrogen-bond acceptors (Lipinski definition) is 6. The van der Waals surface area contributed by atoms with Crippen LogP contribution < -0.4 is 14.2 Å². The standard InChI is InChI=1S/C28H35ClO6/c1-7-32-27(31)24(29)16-21-8-10-22(11-9-21)33-15-14-28(6)13-12-23-19(4)25(34-20(5)30)17(2)18(3)26(23)35-28/h8-11,24H,7,12-16H2,1-6H3. The molecule has 0 N–H and O–H groups in total. The highest BCUT2D eigenvalue weighted by atomic mass is 35.5. The minimum Gasteiger partial charge on any atom is -0.493 e. The summed E-state index contributed by atoms with van der Waals surface area (Å²) in [5.41, 5.74) is 4.60. The van der Waals surface area contributed by atoms with E-state index in [2.05, 4.69) is 6.92 Å². The number of benzene rings is 2. The molecule has 2 aromatic carbocycles. The van der Waals surface area contributed by atoms with Crippen molar-refractivity contribution in [3.05, 3.63) is 52.1 Å². The van der Waals surface area contributed by atoms with Crippen LogP contribution in [0.4, 0.5) is 0 Å². The number of halogens is 1. The zero-order valence-electron chi connectivity index (χ0n) is 21.5. The second kappa shape index (κ2) is 11.3. The first-order valence-electron chi connectivity index (χ1n) is 12.1. The van der Waals surface area contributed by atoms with Crippen molar-refractivity contribution in [3.8, 4) is 17.2 Å². The lowest BCUT2D eigenvalue weighted by molar-refractivity contribution is -0.142. The summed E-state index contributed by atoms with van der Waals surface area (Å²) in [4.78, 5) is 23.3. The van der Waals surface area contributed by atoms with Crippen molar-refractivity contribution in [2.45, 2.75) is 78.2 Å². The van der Waals surface area contributed by atoms with E-state index in [1.165, 1.54) is 6.92 Å². The lowest BCUT2D eigenvalue weighted by Crippen LogP contribution is -2.38. The predicted octanol–water partition coefficient (Wildman–Crippen LogP) is 5.80. The normalized spacial score (nSPS) is 17.7. The highest BCUT2D eigenvalue weighted by molar-refractivity contribution is 6.30. The molecule has 35 heavy (non-hydrogen) atoms. The first kappa shape index (κ1) is 26.9. The van der Waals surface area contributed by atoms with Crippen molar-refractivity contribution in [3.63, 3.8) is 0 Å². The molecule has 6 nitrogen and oxygen atoms in total. The molecular formula is C28H35ClO6. The second-order valence-electron chi connectivity index (χ2n) is 9.32. The Hall–Kier alpha value is -2.73. The summed E-state index contributed by atoms with van der Waals surface area (Å²) in [5, 5.41) is -0.700. The summed E-state index contributed by atoms with van der Waals surface area (Å²) in [6, 6.07) is 7.59. The van der Waals surface area contributed by atoms with Gasteiger partial charge in [0.15, 0.2) is 0 Å². The van der Waals surface area contributed by atoms with Crippen LogP contribution in [-0.4, -0.2) is 36.1 Å². The maximum atomic E-state index is 11.7. The number of hydrogen-bond donors (Lipinski definition) is 0. The first-order valence-corrected chi connectivity index (χ1v) is 12.5. The molecule has 0 radical (unpaired) electrons. The molecule has 0 amide bonds. The highest BCUT2D eigenvalue weighted by Crippen LogP contribution is 2.44. The van der Waals surface area contributed by atoms with E-state index in [9.17, 15) is 9.59 Å². The predicted molar refractivity (Wildman–Crippen MR) is 136 cm³/mol. The zero-order chi connectivity index (χ0) is 25.8. The molecule has 0 spiro atoms. The fourth-order valence-electron chi connectivity index (χ4n) is 4.38. The molecule has 1 aliphatic heterocycles. The molecule has 2 unspecified atom stereocenters. The SMILES string of the molecule is CCOC(=O)C(Cl)Cc1ccc(OCCC2(C)CCc3c(C)c(OC(C)=O)c(C)c(C)c3O2)cc1. The molecule has 0 bridgehead atoms. The van der Waals surface area contributed by atoms with Crippen molar-refractivity contribution in [1.82, 2.24) is 0 Å². The van der Waals surface area contributed by atoms with Gasteiger partial charge in [-0.2, -0.15) is 0 Å². The highest BCUT2D eigenvalue weighted by Gasteiger charge is 2.35. The van der Waals surface area contributed by atoms with E-state index < -0.39 is 11.3 Å². The van der Waals surface area contributed by atoms with Crippen LogP contribution in [0.1, 0.15) is 61.4 Å². The van der Waals surface area contributed by atoms with Gasteiger partial charge in [0.25, 0.3) is 0 Å². The van der Waals surface area contributed by atoms with E-state index in [0.717, 1.165) is 58.6 Å². The van der Waals surface area contributed by atoms with Gasteiger partial charge in [0.2, 0.25) is 0 Å². The van der Waals surface area contributed by atoms with E-state index in [4.69, 9.17) is 30.5 Å². The van der Waals surface area contributed by atoms with Crippen LogP contribution in [0.25, 0.3) is 0 Å². The van der Waals surface area contributed by atoms with E-state index in [1.807, 2.05) is 45.0 Å². The number of carbonyl (C=O) groups is 2. The van der Waals surface area contributed by atoms with Crippen molar-refractivity contribution in [2.24, 2.45) is 0 Å². The maximum absolute atomic E-state index is 11.7. The Morgan fingerprint density at radius 2 is 1.80 bits per heavy atom. The van der Waals surface area contributed by atoms with Crippen molar-refractivity contribution in [1.29, 1.82) is 0 Å². The molecule has 2 aromatic rings. The summed E-state index contributed by atoms with van der Waals surface area (Å²) in [5.74, 6) is 1.58. The van der Waals surface area contributed by atoms with Gasteiger partial charge in [0, 0.05) is 18.9 Å². The van der Waals surface area contributed by atoms with Gasteiger partial charge in [0.1, 0.15) is 28.2 Å². The Kier molecular flexibility index (Phi) is 8.70. The van der Waals surface area contributed by atoms with Crippen LogP contribution in [0.5, 0.6) is 17.2 Å². The topological polar surface area (TPSA) is 71.1 Å². The molecule has 0 fully saturated rings. The average Bonchev–Trinajstić information content (AvgIpc) is 2.81. The van der Waals surface area contributed by atoms with Gasteiger partial charge in [-0.25, -0.2) is 0 Å². The van der Waals surface area contributed by atoms with Crippen LogP contribution in [-0.2, 0) is 27.2 Å². The Morgan fingerprint density at radius 1 is 1.11 bits per heavy atom. The summed E-state index contributed by atoms with van der Waals surface area (Å²) >= 11 is 6.12. The summed E-state index contributed by atoms with van der Waals surface area (Å²) in [6.45, 7) is 12.1. The van der Waals surface area contributed by atoms with Gasteiger partial charge in [-0.3, -0.25) is 9.59 Å². The monoisotopic (exact) mass is 502 g/mol. The molecular weight excluding hydrogens is 468 g/mol. The number of ether oxygens (including phenoxy) is 4. The number of esters is 2. The molecule has 0 saturated heterocycles. The van der Waals surface area contributed by atoms with Gasteiger partial charge in [0.05, 0.1) is 13.2 Å². The van der Waals surface area contributed by atoms with Gasteiger partial charge in [-0.1, -0.05) is 12.1 Å². The molecule has 0 aromatic heterocycles. The Labute approximate surface area is 212 Å². The largest absolute Gasteiger partial charge is 0.493 e. The smallest absolute Gasteiger partial charge is 0.324 e. The summed E-state index contributed by atoms with van der Waals surface area (Å²) in [6.07, 6.45) is 2.82. The first-order chi connectivity index (χ1) is 16.5. The number of alkyl halides is 1. The van der Waals surface area contributed by atoms with Gasteiger partial charge >= 0.3 is 11.9 Å². The molecule has 1 heterocycles. The quantitative estimate of drug-likeness (QED) is 0.245. The van der Waals surface area contributed by atoms with Crippen LogP contribution >= 0.6 is 11.6 Å². The Balaban J connectivity index is 1.60.